The molecule has 2 N–H and O–H groups in total. The number of nitrogens with zero attached hydrogens (tertiary/aromatic N) is 1. The van der Waals surface area contributed by atoms with Crippen molar-refractivity contribution in [1.29, 1.82) is 5.26 Å². The third-order valence-electron chi connectivity index (χ3n) is 5.26. The zero-order valence-corrected chi connectivity index (χ0v) is 22.7. The first-order valence-electron chi connectivity index (χ1n) is 11.7. The highest BCUT2D eigenvalue weighted by Crippen LogP contribution is 2.37. The zero-order chi connectivity index (χ0) is 29.4. The SMILES string of the molecule is CCOc1cc(/C=C(\C#N)C(=O)Nc2cccc(C(F)(F)F)c2)cc(Cl)c1OCC(=O)Nc1ccc(C)c(Cl)c1. The monoisotopic (exact) mass is 591 g/mol. The van der Waals surface area contributed by atoms with Crippen LogP contribution in [0.15, 0.2) is 60.2 Å². The van der Waals surface area contributed by atoms with Crippen LogP contribution in [0.5, 0.6) is 11.5 Å². The molecule has 3 aromatic rings. The lowest BCUT2D eigenvalue weighted by molar-refractivity contribution is -0.137. The summed E-state index contributed by atoms with van der Waals surface area (Å²) in [5.41, 5.74) is 0.118. The highest BCUT2D eigenvalue weighted by Gasteiger charge is 2.30. The smallest absolute Gasteiger partial charge is 0.416 e. The Morgan fingerprint density at radius 2 is 1.73 bits per heavy atom. The minimum absolute atomic E-state index is 0.0268. The molecule has 12 heteroatoms. The maximum atomic E-state index is 13.0. The number of alkyl halides is 3. The van der Waals surface area contributed by atoms with Crippen LogP contribution >= 0.6 is 23.2 Å². The molecule has 0 atom stereocenters. The maximum Gasteiger partial charge on any atom is 0.416 e. The van der Waals surface area contributed by atoms with Crippen LogP contribution in [0.2, 0.25) is 10.0 Å². The van der Waals surface area contributed by atoms with Gasteiger partial charge in [0.05, 0.1) is 17.2 Å². The molecule has 0 aliphatic carbocycles. The molecule has 7 nitrogen and oxygen atoms in total. The molecule has 208 valence electrons. The summed E-state index contributed by atoms with van der Waals surface area (Å²) in [6.07, 6.45) is -3.41. The topological polar surface area (TPSA) is 100 Å². The average Bonchev–Trinajstić information content (AvgIpc) is 2.88. The van der Waals surface area contributed by atoms with Crippen LogP contribution < -0.4 is 20.1 Å². The second-order valence-electron chi connectivity index (χ2n) is 8.27. The molecule has 0 fully saturated rings. The van der Waals surface area contributed by atoms with E-state index in [2.05, 4.69) is 10.6 Å². The van der Waals surface area contributed by atoms with E-state index in [-0.39, 0.29) is 34.4 Å². The second-order valence-corrected chi connectivity index (χ2v) is 9.08. The molecular formula is C28H22Cl2F3N3O4. The van der Waals surface area contributed by atoms with Crippen molar-refractivity contribution in [3.63, 3.8) is 0 Å². The van der Waals surface area contributed by atoms with Crippen molar-refractivity contribution in [2.45, 2.75) is 20.0 Å². The quantitative estimate of drug-likeness (QED) is 0.201. The second kappa shape index (κ2) is 13.2. The largest absolute Gasteiger partial charge is 0.490 e. The van der Waals surface area contributed by atoms with Gasteiger partial charge in [0.15, 0.2) is 18.1 Å². The third kappa shape index (κ3) is 8.15. The zero-order valence-electron chi connectivity index (χ0n) is 21.2. The molecule has 2 amide bonds. The predicted octanol–water partition coefficient (Wildman–Crippen LogP) is 7.28. The number of nitrogens with one attached hydrogen (secondary N) is 2. The van der Waals surface area contributed by atoms with E-state index in [1.807, 2.05) is 6.92 Å². The van der Waals surface area contributed by atoms with Gasteiger partial charge in [-0.1, -0.05) is 35.3 Å². The van der Waals surface area contributed by atoms with Crippen molar-refractivity contribution in [3.05, 3.63) is 86.9 Å². The fourth-order valence-corrected chi connectivity index (χ4v) is 3.82. The number of hydrogen-bond acceptors (Lipinski definition) is 5. The van der Waals surface area contributed by atoms with Crippen LogP contribution in [-0.2, 0) is 15.8 Å². The first kappa shape index (κ1) is 30.3. The Balaban J connectivity index is 1.78. The van der Waals surface area contributed by atoms with Gasteiger partial charge in [0.1, 0.15) is 11.6 Å². The van der Waals surface area contributed by atoms with Gasteiger partial charge in [-0.3, -0.25) is 9.59 Å². The number of benzene rings is 3. The summed E-state index contributed by atoms with van der Waals surface area (Å²) in [6, 6.07) is 13.6. The minimum Gasteiger partial charge on any atom is -0.490 e. The number of nitriles is 1. The number of rotatable bonds is 9. The van der Waals surface area contributed by atoms with Crippen molar-refractivity contribution in [2.24, 2.45) is 0 Å². The van der Waals surface area contributed by atoms with Crippen LogP contribution in [0.3, 0.4) is 0 Å². The molecule has 0 radical (unpaired) electrons. The van der Waals surface area contributed by atoms with E-state index in [9.17, 15) is 28.0 Å². The van der Waals surface area contributed by atoms with E-state index in [4.69, 9.17) is 32.7 Å². The molecule has 0 bridgehead atoms. The van der Waals surface area contributed by atoms with Gasteiger partial charge in [0, 0.05) is 16.4 Å². The summed E-state index contributed by atoms with van der Waals surface area (Å²) in [5, 5.41) is 15.0. The summed E-state index contributed by atoms with van der Waals surface area (Å²) in [5.74, 6) is -1.21. The van der Waals surface area contributed by atoms with E-state index in [1.54, 1.807) is 31.2 Å². The Morgan fingerprint density at radius 3 is 2.38 bits per heavy atom. The van der Waals surface area contributed by atoms with Gasteiger partial charge >= 0.3 is 6.18 Å². The summed E-state index contributed by atoms with van der Waals surface area (Å²) >= 11 is 12.5. The Hall–Kier alpha value is -4.20. The molecule has 0 spiro atoms. The number of anilines is 2. The van der Waals surface area contributed by atoms with Crippen molar-refractivity contribution < 1.29 is 32.2 Å². The molecule has 3 rings (SSSR count). The van der Waals surface area contributed by atoms with Gasteiger partial charge in [-0.05, 0) is 73.5 Å². The Bertz CT molecular complexity index is 1500. The summed E-state index contributed by atoms with van der Waals surface area (Å²) < 4.78 is 50.1. The molecule has 0 aliphatic heterocycles. The van der Waals surface area contributed by atoms with Gasteiger partial charge in [0.2, 0.25) is 0 Å². The lowest BCUT2D eigenvalue weighted by Gasteiger charge is -2.15. The molecule has 0 aromatic heterocycles. The lowest BCUT2D eigenvalue weighted by Crippen LogP contribution is -2.20. The first-order valence-corrected chi connectivity index (χ1v) is 12.4. The number of amides is 2. The van der Waals surface area contributed by atoms with E-state index in [0.717, 1.165) is 23.8 Å². The molecular weight excluding hydrogens is 570 g/mol. The number of ether oxygens (including phenoxy) is 2. The minimum atomic E-state index is -4.60. The summed E-state index contributed by atoms with van der Waals surface area (Å²) in [6.45, 7) is 3.32. The molecule has 0 unspecified atom stereocenters. The first-order chi connectivity index (χ1) is 18.9. The standard InChI is InChI=1S/C28H22Cl2F3N3O4/c1-3-39-24-11-17(9-18(14-34)27(38)36-20-6-4-5-19(12-20)28(31,32)33)10-23(30)26(24)40-15-25(37)35-21-8-7-16(2)22(29)13-21/h4-13H,3,15H2,1-2H3,(H,35,37)(H,36,38)/b18-9+. The average molecular weight is 592 g/mol. The van der Waals surface area contributed by atoms with Gasteiger partial charge in [0.25, 0.3) is 11.8 Å². The van der Waals surface area contributed by atoms with E-state index in [0.29, 0.717) is 10.7 Å². The third-order valence-corrected chi connectivity index (χ3v) is 5.95. The highest BCUT2D eigenvalue weighted by molar-refractivity contribution is 6.32. The summed E-state index contributed by atoms with van der Waals surface area (Å²) in [7, 11) is 0. The van der Waals surface area contributed by atoms with Crippen LogP contribution in [-0.4, -0.2) is 25.0 Å². The van der Waals surface area contributed by atoms with Crippen LogP contribution in [0.4, 0.5) is 24.5 Å². The predicted molar refractivity (Wildman–Crippen MR) is 147 cm³/mol. The number of carbonyl (C=O) groups excluding carboxylic acids is 2. The Kier molecular flexibility index (Phi) is 10.0. The highest BCUT2D eigenvalue weighted by atomic mass is 35.5. The van der Waals surface area contributed by atoms with Gasteiger partial charge in [-0.2, -0.15) is 18.4 Å². The van der Waals surface area contributed by atoms with Gasteiger partial charge < -0.3 is 20.1 Å². The molecule has 0 saturated heterocycles. The van der Waals surface area contributed by atoms with E-state index in [1.165, 1.54) is 24.3 Å². The van der Waals surface area contributed by atoms with Crippen LogP contribution in [0.25, 0.3) is 6.08 Å². The van der Waals surface area contributed by atoms with Crippen LogP contribution in [0, 0.1) is 18.3 Å². The Labute approximate surface area is 238 Å². The number of halogens is 5. The molecule has 3 aromatic carbocycles. The Morgan fingerprint density at radius 1 is 1.00 bits per heavy atom. The van der Waals surface area contributed by atoms with Gasteiger partial charge in [-0.25, -0.2) is 0 Å². The fraction of sp³-hybridized carbons (Fsp3) is 0.179. The van der Waals surface area contributed by atoms with Crippen molar-refractivity contribution in [3.8, 4) is 17.6 Å². The van der Waals surface area contributed by atoms with E-state index < -0.39 is 35.7 Å². The number of hydrogen-bond donors (Lipinski definition) is 2. The summed E-state index contributed by atoms with van der Waals surface area (Å²) in [4.78, 5) is 25.0. The van der Waals surface area contributed by atoms with Crippen LogP contribution in [0.1, 0.15) is 23.6 Å². The van der Waals surface area contributed by atoms with E-state index >= 15 is 0 Å². The van der Waals surface area contributed by atoms with Gasteiger partial charge in [-0.15, -0.1) is 0 Å². The maximum absolute atomic E-state index is 13.0. The lowest BCUT2D eigenvalue weighted by atomic mass is 10.1. The van der Waals surface area contributed by atoms with Crippen molar-refractivity contribution >= 4 is 52.5 Å². The fourth-order valence-electron chi connectivity index (χ4n) is 3.37. The number of carbonyl (C=O) groups is 2. The normalized spacial score (nSPS) is 11.4. The van der Waals surface area contributed by atoms with Crippen molar-refractivity contribution in [2.75, 3.05) is 23.8 Å². The molecule has 40 heavy (non-hydrogen) atoms. The molecule has 0 heterocycles. The molecule has 0 saturated carbocycles. The van der Waals surface area contributed by atoms with Crippen molar-refractivity contribution in [1.82, 2.24) is 0 Å². The number of aryl methyl sites for hydroxylation is 1. The molecule has 0 aliphatic rings.